The third kappa shape index (κ3) is 5.37. The van der Waals surface area contributed by atoms with Gasteiger partial charge >= 0.3 is 14.8 Å². The molecule has 0 aromatic carbocycles. The quantitative estimate of drug-likeness (QED) is 0.355. The van der Waals surface area contributed by atoms with Crippen LogP contribution in [-0.4, -0.2) is 39.9 Å². The molecule has 0 aliphatic rings. The summed E-state index contributed by atoms with van der Waals surface area (Å²) in [6, 6.07) is 3.36. The number of rotatable bonds is 1. The number of aryl methyl sites for hydroxylation is 1. The third-order valence-electron chi connectivity index (χ3n) is 1.23. The van der Waals surface area contributed by atoms with Gasteiger partial charge in [-0.25, -0.2) is 0 Å². The Balaban J connectivity index is 0.000000424. The zero-order valence-electron chi connectivity index (χ0n) is 7.25. The molecule has 0 atom stereocenters. The van der Waals surface area contributed by atoms with Gasteiger partial charge in [0.2, 0.25) is 0 Å². The van der Waals surface area contributed by atoms with Crippen LogP contribution in [0.4, 0.5) is 0 Å². The number of pyridine rings is 1. The van der Waals surface area contributed by atoms with Crippen molar-refractivity contribution < 1.29 is 20.1 Å². The van der Waals surface area contributed by atoms with E-state index in [0.29, 0.717) is 5.46 Å². The molecule has 0 spiro atoms. The summed E-state index contributed by atoms with van der Waals surface area (Å²) >= 11 is 0. The lowest BCUT2D eigenvalue weighted by Gasteiger charge is -1.96. The maximum absolute atomic E-state index is 8.63. The average Bonchev–Trinajstić information content (AvgIpc) is 2.06. The first-order valence-electron chi connectivity index (χ1n) is 3.62. The fraction of sp³-hybridized carbons (Fsp3) is 0.167. The van der Waals surface area contributed by atoms with Crippen molar-refractivity contribution in [1.29, 1.82) is 0 Å². The van der Waals surface area contributed by atoms with Crippen molar-refractivity contribution in [2.75, 3.05) is 0 Å². The summed E-state index contributed by atoms with van der Waals surface area (Å²) in [6.07, 6.45) is 1.44. The van der Waals surface area contributed by atoms with Crippen molar-refractivity contribution in [1.82, 2.24) is 4.98 Å². The van der Waals surface area contributed by atoms with Crippen LogP contribution in [0.1, 0.15) is 5.69 Å². The summed E-state index contributed by atoms with van der Waals surface area (Å²) in [5.41, 5.74) is 1.29. The molecule has 0 radical (unpaired) electrons. The Hall–Kier alpha value is -0.880. The van der Waals surface area contributed by atoms with Gasteiger partial charge in [-0.3, -0.25) is 4.98 Å². The molecular weight excluding hydrogens is 172 g/mol. The summed E-state index contributed by atoms with van der Waals surface area (Å²) in [6.45, 7) is 1.84. The molecule has 0 saturated heterocycles. The summed E-state index contributed by atoms with van der Waals surface area (Å²) in [7, 11) is -2.16. The van der Waals surface area contributed by atoms with E-state index in [0.717, 1.165) is 5.69 Å². The van der Waals surface area contributed by atoms with E-state index in [1.54, 1.807) is 12.1 Å². The van der Waals surface area contributed by atoms with Gasteiger partial charge in [0.15, 0.2) is 0 Å². The van der Waals surface area contributed by atoms with Gasteiger partial charge in [-0.2, -0.15) is 0 Å². The maximum Gasteiger partial charge on any atom is 0.490 e. The fourth-order valence-corrected chi connectivity index (χ4v) is 0.632. The first-order valence-corrected chi connectivity index (χ1v) is 3.62. The van der Waals surface area contributed by atoms with Gasteiger partial charge in [-0.15, -0.1) is 0 Å². The van der Waals surface area contributed by atoms with E-state index in [1.165, 1.54) is 6.20 Å². The number of hydrogen-bond acceptors (Lipinski definition) is 5. The minimum atomic E-state index is -1.41. The van der Waals surface area contributed by atoms with E-state index in [4.69, 9.17) is 20.1 Å². The molecular formula is C6H11B2NO4. The first-order chi connectivity index (χ1) is 6.11. The van der Waals surface area contributed by atoms with E-state index >= 15 is 0 Å². The van der Waals surface area contributed by atoms with Crippen LogP contribution in [0.15, 0.2) is 18.3 Å². The SMILES string of the molecule is Cc1ccc(B(O)O)cn1.OBO. The van der Waals surface area contributed by atoms with Crippen molar-refractivity contribution in [3.8, 4) is 0 Å². The average molecular weight is 183 g/mol. The van der Waals surface area contributed by atoms with Crippen LogP contribution in [0.5, 0.6) is 0 Å². The molecule has 13 heavy (non-hydrogen) atoms. The predicted molar refractivity (Wildman–Crippen MR) is 50.4 cm³/mol. The Morgan fingerprint density at radius 2 is 1.85 bits per heavy atom. The molecule has 0 fully saturated rings. The van der Waals surface area contributed by atoms with Crippen LogP contribution < -0.4 is 5.46 Å². The van der Waals surface area contributed by atoms with Crippen LogP contribution in [0.3, 0.4) is 0 Å². The molecule has 0 amide bonds. The topological polar surface area (TPSA) is 93.8 Å². The third-order valence-corrected chi connectivity index (χ3v) is 1.23. The van der Waals surface area contributed by atoms with Gasteiger partial charge in [0.25, 0.3) is 0 Å². The second-order valence-electron chi connectivity index (χ2n) is 2.25. The number of hydrogen-bond donors (Lipinski definition) is 4. The minimum Gasteiger partial charge on any atom is -0.430 e. The lowest BCUT2D eigenvalue weighted by molar-refractivity contribution is 0.425. The lowest BCUT2D eigenvalue weighted by atomic mass is 9.82. The molecule has 1 aromatic heterocycles. The number of aromatic nitrogens is 1. The number of nitrogens with zero attached hydrogens (tertiary/aromatic N) is 1. The zero-order valence-corrected chi connectivity index (χ0v) is 7.25. The van der Waals surface area contributed by atoms with Crippen LogP contribution in [0.25, 0.3) is 0 Å². The molecule has 7 heteroatoms. The zero-order chi connectivity index (χ0) is 10.3. The van der Waals surface area contributed by atoms with Gasteiger partial charge in [0, 0.05) is 17.4 Å². The van der Waals surface area contributed by atoms with Crippen LogP contribution in [-0.2, 0) is 0 Å². The Bertz CT molecular complexity index is 229. The molecule has 1 heterocycles. The maximum atomic E-state index is 8.63. The molecule has 0 aliphatic carbocycles. The summed E-state index contributed by atoms with van der Waals surface area (Å²) in [5.74, 6) is 0. The van der Waals surface area contributed by atoms with Crippen LogP contribution >= 0.6 is 0 Å². The predicted octanol–water partition coefficient (Wildman–Crippen LogP) is -2.69. The molecule has 0 aliphatic heterocycles. The highest BCUT2D eigenvalue weighted by Crippen LogP contribution is 1.86. The van der Waals surface area contributed by atoms with Gasteiger partial charge in [0.05, 0.1) is 0 Å². The smallest absolute Gasteiger partial charge is 0.430 e. The van der Waals surface area contributed by atoms with E-state index in [-0.39, 0.29) is 0 Å². The van der Waals surface area contributed by atoms with E-state index in [9.17, 15) is 0 Å². The Morgan fingerprint density at radius 1 is 1.31 bits per heavy atom. The molecule has 0 saturated carbocycles. The molecule has 1 rings (SSSR count). The van der Waals surface area contributed by atoms with E-state index < -0.39 is 14.8 Å². The molecule has 0 bridgehead atoms. The Morgan fingerprint density at radius 3 is 2.15 bits per heavy atom. The fourth-order valence-electron chi connectivity index (χ4n) is 0.632. The van der Waals surface area contributed by atoms with Crippen LogP contribution in [0.2, 0.25) is 0 Å². The van der Waals surface area contributed by atoms with Crippen molar-refractivity contribution in [3.05, 3.63) is 24.0 Å². The summed E-state index contributed by atoms with van der Waals surface area (Å²) < 4.78 is 0. The van der Waals surface area contributed by atoms with Gasteiger partial charge in [0.1, 0.15) is 0 Å². The monoisotopic (exact) mass is 183 g/mol. The van der Waals surface area contributed by atoms with E-state index in [1.807, 2.05) is 6.92 Å². The highest BCUT2D eigenvalue weighted by atomic mass is 16.4. The standard InChI is InChI=1S/C6H8BNO2.BH3O2/c1-5-2-3-6(4-8-5)7(9)10;2-1-3/h2-4,9-10H,1H3;1-3H. The molecule has 0 unspecified atom stereocenters. The van der Waals surface area contributed by atoms with Gasteiger partial charge in [-0.05, 0) is 13.0 Å². The minimum absolute atomic E-state index is 0.422. The Kier molecular flexibility index (Phi) is 6.17. The second-order valence-corrected chi connectivity index (χ2v) is 2.25. The second kappa shape index (κ2) is 6.62. The largest absolute Gasteiger partial charge is 0.490 e. The molecule has 1 aromatic rings. The van der Waals surface area contributed by atoms with Gasteiger partial charge in [-0.1, -0.05) is 6.07 Å². The van der Waals surface area contributed by atoms with Crippen molar-refractivity contribution >= 4 is 20.3 Å². The molecule has 5 nitrogen and oxygen atoms in total. The molecule has 4 N–H and O–H groups in total. The highest BCUT2D eigenvalue weighted by molar-refractivity contribution is 6.58. The summed E-state index contributed by atoms with van der Waals surface area (Å²) in [5, 5.41) is 31.5. The highest BCUT2D eigenvalue weighted by Gasteiger charge is 2.09. The molecule has 70 valence electrons. The summed E-state index contributed by atoms with van der Waals surface area (Å²) in [4.78, 5) is 3.88. The lowest BCUT2D eigenvalue weighted by Crippen LogP contribution is -2.29. The van der Waals surface area contributed by atoms with Gasteiger partial charge < -0.3 is 20.1 Å². The van der Waals surface area contributed by atoms with Crippen LogP contribution in [0, 0.1) is 6.92 Å². The normalized spacial score (nSPS) is 8.38. The first kappa shape index (κ1) is 12.1. The van der Waals surface area contributed by atoms with Crippen molar-refractivity contribution in [3.63, 3.8) is 0 Å². The van der Waals surface area contributed by atoms with Crippen molar-refractivity contribution in [2.24, 2.45) is 0 Å². The Labute approximate surface area is 77.1 Å². The van der Waals surface area contributed by atoms with E-state index in [2.05, 4.69) is 4.98 Å². The van der Waals surface area contributed by atoms with Crippen molar-refractivity contribution in [2.45, 2.75) is 6.92 Å².